The van der Waals surface area contributed by atoms with Crippen molar-refractivity contribution in [2.24, 2.45) is 0 Å². The van der Waals surface area contributed by atoms with Crippen molar-refractivity contribution >= 4 is 30.7 Å². The third-order valence-corrected chi connectivity index (χ3v) is 5.44. The van der Waals surface area contributed by atoms with Gasteiger partial charge in [-0.1, -0.05) is 17.7 Å². The number of aliphatic hydroxyl groups is 2. The average Bonchev–Trinajstić information content (AvgIpc) is 3.27. The molecule has 0 unspecified atom stereocenters. The number of benzene rings is 1. The van der Waals surface area contributed by atoms with Gasteiger partial charge in [-0.3, -0.25) is 14.3 Å². The quantitative estimate of drug-likeness (QED) is 0.288. The van der Waals surface area contributed by atoms with Crippen molar-refractivity contribution in [2.45, 2.75) is 31.5 Å². The number of hydrogen-bond donors (Lipinski definition) is 4. The molecule has 176 valence electrons. The van der Waals surface area contributed by atoms with E-state index in [0.717, 1.165) is 16.5 Å². The molecule has 0 bridgehead atoms. The van der Waals surface area contributed by atoms with Crippen LogP contribution in [-0.4, -0.2) is 60.6 Å². The summed E-state index contributed by atoms with van der Waals surface area (Å²) >= 11 is 0. The third kappa shape index (κ3) is 4.86. The van der Waals surface area contributed by atoms with Crippen LogP contribution in [0.25, 0.3) is 11.2 Å². The number of nitrogens with one attached hydrogen (secondary N) is 2. The highest BCUT2D eigenvalue weighted by atomic mass is 31.2. The second-order valence-corrected chi connectivity index (χ2v) is 8.51. The highest BCUT2D eigenvalue weighted by molar-refractivity contribution is 7.43. The molecule has 14 nitrogen and oxygen atoms in total. The molecule has 4 atom stereocenters. The van der Waals surface area contributed by atoms with E-state index in [2.05, 4.69) is 24.8 Å². The van der Waals surface area contributed by atoms with Crippen LogP contribution in [-0.2, 0) is 13.8 Å². The first-order valence-electron chi connectivity index (χ1n) is 9.56. The molecule has 4 N–H and O–H groups in total. The van der Waals surface area contributed by atoms with E-state index >= 15 is 0 Å². The van der Waals surface area contributed by atoms with Gasteiger partial charge in [0.25, 0.3) is 5.91 Å². The second-order valence-electron chi connectivity index (χ2n) is 7.35. The molecule has 3 aromatic rings. The topological polar surface area (TPSA) is 215 Å². The number of H-pyrrole nitrogens is 1. The molecule has 1 amide bonds. The summed E-state index contributed by atoms with van der Waals surface area (Å²) in [7, 11) is -5.33. The van der Waals surface area contributed by atoms with Crippen LogP contribution in [0.15, 0.2) is 35.4 Å². The highest BCUT2D eigenvalue weighted by Gasteiger charge is 2.44. The fourth-order valence-electron chi connectivity index (χ4n) is 3.44. The zero-order chi connectivity index (χ0) is 23.9. The molecule has 1 fully saturated rings. The summed E-state index contributed by atoms with van der Waals surface area (Å²) in [6.07, 6.45) is -4.75. The van der Waals surface area contributed by atoms with Gasteiger partial charge in [0, 0.05) is 5.56 Å². The van der Waals surface area contributed by atoms with Crippen molar-refractivity contribution < 1.29 is 38.6 Å². The standard InChI is InChI=1S/C18H20N5O9P/c1-8-3-2-4-9(5-8)16(26)20-14-11-15(22-18(27)21-14)23(7-19-11)17-13(25)12(24)10(32-17)6-31-33(28,29)30/h2-5,7,10,12-13,17,24-25H,6H2,1H3,(H2,28,29,30)(H2,20,21,22,26,27)/p-2/t10-,12-,13-,17-/m1/s1. The van der Waals surface area contributed by atoms with Crippen LogP contribution in [0.1, 0.15) is 22.1 Å². The maximum absolute atomic E-state index is 12.6. The van der Waals surface area contributed by atoms with E-state index in [1.54, 1.807) is 18.2 Å². The minimum absolute atomic E-state index is 0.0539. The fraction of sp³-hybridized carbons (Fsp3) is 0.333. The SMILES string of the molecule is Cc1cccc(C(=O)Nc2[nH]c(=O)nc3c2ncn3[C@@H]2O[C@H](COP(=O)([O-])[O-])[C@@H](O)[C@H]2O)c1. The summed E-state index contributed by atoms with van der Waals surface area (Å²) in [5, 5.41) is 23.1. The van der Waals surface area contributed by atoms with Crippen molar-refractivity contribution in [3.63, 3.8) is 0 Å². The maximum Gasteiger partial charge on any atom is 0.348 e. The van der Waals surface area contributed by atoms with Crippen molar-refractivity contribution in [2.75, 3.05) is 11.9 Å². The smallest absolute Gasteiger partial charge is 0.348 e. The Hall–Kier alpha value is -2.97. The van der Waals surface area contributed by atoms with Gasteiger partial charge in [0.2, 0.25) is 0 Å². The number of aryl methyl sites for hydroxylation is 1. The Bertz CT molecular complexity index is 1300. The normalized spacial score (nSPS) is 23.2. The molecule has 1 aromatic carbocycles. The van der Waals surface area contributed by atoms with E-state index in [1.807, 2.05) is 13.0 Å². The lowest BCUT2D eigenvalue weighted by atomic mass is 10.1. The molecule has 0 saturated carbocycles. The third-order valence-electron chi connectivity index (χ3n) is 4.97. The van der Waals surface area contributed by atoms with Gasteiger partial charge in [0.1, 0.15) is 29.6 Å². The van der Waals surface area contributed by atoms with E-state index in [-0.39, 0.29) is 17.0 Å². The van der Waals surface area contributed by atoms with Crippen LogP contribution in [0.5, 0.6) is 0 Å². The van der Waals surface area contributed by atoms with Gasteiger partial charge in [0.05, 0.1) is 20.8 Å². The van der Waals surface area contributed by atoms with Crippen LogP contribution in [0.2, 0.25) is 0 Å². The number of carbonyl (C=O) groups excluding carboxylic acids is 1. The molecule has 2 aromatic heterocycles. The fourth-order valence-corrected chi connectivity index (χ4v) is 3.77. The summed E-state index contributed by atoms with van der Waals surface area (Å²) in [5.74, 6) is -0.567. The van der Waals surface area contributed by atoms with Crippen molar-refractivity contribution in [3.05, 3.63) is 52.2 Å². The van der Waals surface area contributed by atoms with Crippen molar-refractivity contribution in [1.82, 2.24) is 19.5 Å². The number of phosphoric acid groups is 1. The lowest BCUT2D eigenvalue weighted by molar-refractivity contribution is -0.343. The van der Waals surface area contributed by atoms with E-state index in [4.69, 9.17) is 4.74 Å². The molecular formula is C18H18N5O9P-2. The molecule has 1 saturated heterocycles. The Morgan fingerprint density at radius 1 is 1.36 bits per heavy atom. The van der Waals surface area contributed by atoms with Gasteiger partial charge in [-0.2, -0.15) is 4.98 Å². The Labute approximate surface area is 185 Å². The first kappa shape index (κ1) is 23.2. The number of carbonyl (C=O) groups is 1. The predicted molar refractivity (Wildman–Crippen MR) is 107 cm³/mol. The lowest BCUT2D eigenvalue weighted by Gasteiger charge is -2.30. The zero-order valence-corrected chi connectivity index (χ0v) is 17.8. The number of hydrogen-bond acceptors (Lipinski definition) is 11. The van der Waals surface area contributed by atoms with Crippen LogP contribution >= 0.6 is 7.82 Å². The number of aromatic nitrogens is 4. The van der Waals surface area contributed by atoms with Gasteiger partial charge in [-0.25, -0.2) is 9.78 Å². The van der Waals surface area contributed by atoms with E-state index < -0.39 is 50.6 Å². The van der Waals surface area contributed by atoms with Gasteiger partial charge in [0.15, 0.2) is 11.9 Å². The largest absolute Gasteiger partial charge is 0.790 e. The number of anilines is 1. The molecular weight excluding hydrogens is 461 g/mol. The first-order chi connectivity index (χ1) is 15.5. The Kier molecular flexibility index (Phi) is 6.16. The summed E-state index contributed by atoms with van der Waals surface area (Å²) < 4.78 is 21.4. The van der Waals surface area contributed by atoms with Crippen LogP contribution in [0.4, 0.5) is 5.82 Å². The Balaban J connectivity index is 1.63. The Morgan fingerprint density at radius 3 is 2.82 bits per heavy atom. The van der Waals surface area contributed by atoms with Crippen molar-refractivity contribution in [1.29, 1.82) is 0 Å². The number of ether oxygens (including phenoxy) is 1. The lowest BCUT2D eigenvalue weighted by Crippen LogP contribution is -2.34. The van der Waals surface area contributed by atoms with Crippen molar-refractivity contribution in [3.8, 4) is 0 Å². The molecule has 0 aliphatic carbocycles. The number of amides is 1. The monoisotopic (exact) mass is 479 g/mol. The molecule has 0 radical (unpaired) electrons. The van der Waals surface area contributed by atoms with Gasteiger partial charge < -0.3 is 39.1 Å². The van der Waals surface area contributed by atoms with Gasteiger partial charge in [-0.15, -0.1) is 0 Å². The summed E-state index contributed by atoms with van der Waals surface area (Å²) in [5.41, 5.74) is 0.332. The summed E-state index contributed by atoms with van der Waals surface area (Å²) in [6.45, 7) is 0.995. The number of aromatic amines is 1. The molecule has 0 spiro atoms. The predicted octanol–water partition coefficient (Wildman–Crippen LogP) is -1.86. The highest BCUT2D eigenvalue weighted by Crippen LogP contribution is 2.34. The molecule has 15 heteroatoms. The van der Waals surface area contributed by atoms with Crippen LogP contribution < -0.4 is 20.8 Å². The average molecular weight is 479 g/mol. The van der Waals surface area contributed by atoms with E-state index in [0.29, 0.717) is 5.56 Å². The maximum atomic E-state index is 12.6. The number of fused-ring (bicyclic) bond motifs is 1. The van der Waals surface area contributed by atoms with Gasteiger partial charge in [-0.05, 0) is 19.1 Å². The van der Waals surface area contributed by atoms with Crippen LogP contribution in [0, 0.1) is 6.92 Å². The Morgan fingerprint density at radius 2 is 2.12 bits per heavy atom. The first-order valence-corrected chi connectivity index (χ1v) is 11.0. The molecule has 1 aliphatic rings. The minimum atomic E-state index is -5.33. The zero-order valence-electron chi connectivity index (χ0n) is 16.9. The molecule has 3 heterocycles. The van der Waals surface area contributed by atoms with Crippen LogP contribution in [0.3, 0.4) is 0 Å². The number of nitrogens with zero attached hydrogens (tertiary/aromatic N) is 3. The number of imidazole rings is 1. The molecule has 1 aliphatic heterocycles. The molecule has 4 rings (SSSR count). The van der Waals surface area contributed by atoms with E-state index in [1.165, 1.54) is 0 Å². The van der Waals surface area contributed by atoms with Gasteiger partial charge >= 0.3 is 5.69 Å². The molecule has 33 heavy (non-hydrogen) atoms. The number of aliphatic hydroxyl groups excluding tert-OH is 2. The second kappa shape index (κ2) is 8.76. The van der Waals surface area contributed by atoms with E-state index in [9.17, 15) is 34.2 Å². The summed E-state index contributed by atoms with van der Waals surface area (Å²) in [4.78, 5) is 56.4. The summed E-state index contributed by atoms with van der Waals surface area (Å²) in [6, 6.07) is 6.76. The minimum Gasteiger partial charge on any atom is -0.790 e. The number of rotatable bonds is 6. The number of phosphoric ester groups is 1.